The molecule has 2 aliphatic carbocycles. The lowest BCUT2D eigenvalue weighted by Gasteiger charge is -2.27. The molecule has 0 spiro atoms. The number of aromatic nitrogens is 1. The highest BCUT2D eigenvalue weighted by Crippen LogP contribution is 2.33. The zero-order valence-corrected chi connectivity index (χ0v) is 49.5. The summed E-state index contributed by atoms with van der Waals surface area (Å²) < 4.78 is 52.4. The van der Waals surface area contributed by atoms with Gasteiger partial charge in [0.05, 0.1) is 79.0 Å². The van der Waals surface area contributed by atoms with Crippen LogP contribution >= 0.6 is 11.3 Å². The van der Waals surface area contributed by atoms with Gasteiger partial charge >= 0.3 is 35.8 Å². The Labute approximate surface area is 501 Å². The second-order valence-corrected chi connectivity index (χ2v) is 21.9. The number of thiazole rings is 1. The number of hydrogen-bond acceptors (Lipinski definition) is 19. The lowest BCUT2D eigenvalue weighted by molar-refractivity contribution is -0.141. The molecular formula is C66H79N3O15S. The van der Waals surface area contributed by atoms with Gasteiger partial charge in [-0.25, -0.2) is 29.2 Å². The van der Waals surface area contributed by atoms with Crippen LogP contribution in [0.5, 0.6) is 23.0 Å². The van der Waals surface area contributed by atoms with E-state index >= 15 is 0 Å². The number of anilines is 1. The van der Waals surface area contributed by atoms with E-state index in [-0.39, 0.29) is 29.3 Å². The fraction of sp³-hybridized carbons (Fsp3) is 0.455. The Morgan fingerprint density at radius 3 is 1.66 bits per heavy atom. The normalized spacial score (nSPS) is 16.6. The summed E-state index contributed by atoms with van der Waals surface area (Å²) in [5.74, 6) is -1.53. The second kappa shape index (κ2) is 35.4. The van der Waals surface area contributed by atoms with E-state index in [0.717, 1.165) is 86.6 Å². The maximum Gasteiger partial charge on any atom is 0.339 e. The number of unbranched alkanes of at least 4 members (excludes halogenated alkanes) is 7. The van der Waals surface area contributed by atoms with Crippen LogP contribution < -0.4 is 24.0 Å². The average molecular weight is 1190 g/mol. The number of esters is 6. The molecule has 18 nitrogen and oxygen atoms in total. The largest absolute Gasteiger partial charge is 0.494 e. The van der Waals surface area contributed by atoms with E-state index < -0.39 is 41.9 Å². The maximum absolute atomic E-state index is 14.2. The first-order valence-corrected chi connectivity index (χ1v) is 30.6. The third-order valence-electron chi connectivity index (χ3n) is 14.5. The zero-order valence-electron chi connectivity index (χ0n) is 48.7. The lowest BCUT2D eigenvalue weighted by Crippen LogP contribution is -2.30. The van der Waals surface area contributed by atoms with Crippen molar-refractivity contribution in [2.75, 3.05) is 51.2 Å². The van der Waals surface area contributed by atoms with Crippen LogP contribution in [0, 0.1) is 11.8 Å². The van der Waals surface area contributed by atoms with Gasteiger partial charge in [0.25, 0.3) is 0 Å². The quantitative estimate of drug-likeness (QED) is 0.00701. The van der Waals surface area contributed by atoms with Gasteiger partial charge in [-0.05, 0) is 188 Å². The van der Waals surface area contributed by atoms with Gasteiger partial charge in [0.1, 0.15) is 35.2 Å². The zero-order chi connectivity index (χ0) is 60.0. The molecule has 2 fully saturated rings. The molecule has 19 heteroatoms. The molecule has 454 valence electrons. The van der Waals surface area contributed by atoms with Gasteiger partial charge in [-0.15, -0.1) is 0 Å². The van der Waals surface area contributed by atoms with Crippen LogP contribution in [0.2, 0.25) is 0 Å². The highest BCUT2D eigenvalue weighted by molar-refractivity contribution is 7.22. The van der Waals surface area contributed by atoms with Crippen molar-refractivity contribution in [3.05, 3.63) is 133 Å². The summed E-state index contributed by atoms with van der Waals surface area (Å²) in [7, 11) is 0. The number of fused-ring (bicyclic) bond motifs is 1. The van der Waals surface area contributed by atoms with Gasteiger partial charge in [-0.1, -0.05) is 50.0 Å². The summed E-state index contributed by atoms with van der Waals surface area (Å²) >= 11 is 1.48. The van der Waals surface area contributed by atoms with Gasteiger partial charge in [-0.2, -0.15) is 5.10 Å². The molecule has 0 saturated heterocycles. The first kappa shape index (κ1) is 64.7. The van der Waals surface area contributed by atoms with Crippen LogP contribution in [0.1, 0.15) is 149 Å². The molecule has 0 bridgehead atoms. The van der Waals surface area contributed by atoms with E-state index in [4.69, 9.17) is 52.7 Å². The summed E-state index contributed by atoms with van der Waals surface area (Å²) in [5.41, 5.74) is 1.79. The van der Waals surface area contributed by atoms with Gasteiger partial charge in [-0.3, -0.25) is 9.59 Å². The Balaban J connectivity index is 0.916. The van der Waals surface area contributed by atoms with E-state index in [1.165, 1.54) is 11.3 Å². The minimum absolute atomic E-state index is 0.211. The van der Waals surface area contributed by atoms with Crippen molar-refractivity contribution >= 4 is 68.7 Å². The highest BCUT2D eigenvalue weighted by atomic mass is 32.1. The van der Waals surface area contributed by atoms with Gasteiger partial charge < -0.3 is 42.6 Å². The molecule has 0 aliphatic heterocycles. The molecule has 5 aromatic rings. The Morgan fingerprint density at radius 1 is 0.576 bits per heavy atom. The van der Waals surface area contributed by atoms with Crippen LogP contribution in [0.4, 0.5) is 5.13 Å². The van der Waals surface area contributed by atoms with Crippen LogP contribution in [-0.4, -0.2) is 105 Å². The predicted molar refractivity (Wildman–Crippen MR) is 323 cm³/mol. The number of benzene rings is 4. The van der Waals surface area contributed by atoms with Gasteiger partial charge in [0, 0.05) is 24.3 Å². The molecule has 2 aliphatic rings. The molecule has 0 N–H and O–H groups in total. The van der Waals surface area contributed by atoms with Gasteiger partial charge in [0.2, 0.25) is 5.13 Å². The summed E-state index contributed by atoms with van der Waals surface area (Å²) in [6.45, 7) is 12.0. The molecule has 7 rings (SSSR count). The van der Waals surface area contributed by atoms with E-state index in [2.05, 4.69) is 20.1 Å². The van der Waals surface area contributed by atoms with Crippen molar-refractivity contribution in [3.63, 3.8) is 0 Å². The number of hydrogen-bond donors (Lipinski definition) is 0. The van der Waals surface area contributed by atoms with E-state index in [0.29, 0.717) is 131 Å². The first-order valence-electron chi connectivity index (χ1n) is 29.8. The Morgan fingerprint density at radius 2 is 1.09 bits per heavy atom. The Hall–Kier alpha value is -7.90. The standard InChI is InChI=1S/C66H79N3O15S/c1-4-7-39-76-44-38-69(66-68-58-18-12-13-19-59(58)85-66)67-46-50-45-56(84-64(74)49-22-28-53(29-23-49)81-62(72)47-20-26-51(27-21-47)77-40-14-8-10-16-42-79-60(70)5-2)36-37-57(50)65(75)83-54-30-24-48(25-31-54)63(73)82-55-34-32-52(33-35-55)78-41-15-9-11-17-43-80-61(71)6-3/h5-6,12-13,18-21,26-27,32-37,45-46,48-49,53-54H,2-4,7-11,14-17,22-25,28-31,38-44H2,1H3/b67-46+. The third-order valence-corrected chi connectivity index (χ3v) is 15.6. The molecule has 0 radical (unpaired) electrons. The highest BCUT2D eigenvalue weighted by Gasteiger charge is 2.32. The second-order valence-electron chi connectivity index (χ2n) is 20.9. The summed E-state index contributed by atoms with van der Waals surface area (Å²) in [4.78, 5) is 81.6. The number of ether oxygens (including phenoxy) is 9. The number of nitrogens with zero attached hydrogens (tertiary/aromatic N) is 3. The third kappa shape index (κ3) is 21.9. The average Bonchev–Trinajstić information content (AvgIpc) is 3.83. The first-order chi connectivity index (χ1) is 41.5. The molecule has 0 unspecified atom stereocenters. The number of rotatable bonds is 35. The Kier molecular flexibility index (Phi) is 26.9. The van der Waals surface area contributed by atoms with Gasteiger partial charge in [0.15, 0.2) is 0 Å². The smallest absolute Gasteiger partial charge is 0.339 e. The summed E-state index contributed by atoms with van der Waals surface area (Å²) in [6.07, 6.45) is 15.5. The molecule has 0 amide bonds. The van der Waals surface area contributed by atoms with Crippen molar-refractivity contribution < 1.29 is 71.4 Å². The molecule has 2 saturated carbocycles. The maximum atomic E-state index is 14.2. The molecular weight excluding hydrogens is 1110 g/mol. The minimum Gasteiger partial charge on any atom is -0.494 e. The minimum atomic E-state index is -0.587. The Bertz CT molecular complexity index is 2950. The van der Waals surface area contributed by atoms with Crippen LogP contribution in [0.25, 0.3) is 10.2 Å². The fourth-order valence-electron chi connectivity index (χ4n) is 9.62. The van der Waals surface area contributed by atoms with E-state index in [1.54, 1.807) is 78.0 Å². The predicted octanol–water partition coefficient (Wildman–Crippen LogP) is 12.9. The monoisotopic (exact) mass is 1190 g/mol. The van der Waals surface area contributed by atoms with E-state index in [1.807, 2.05) is 24.3 Å². The topological polar surface area (TPSA) is 214 Å². The van der Waals surface area contributed by atoms with Crippen LogP contribution in [-0.2, 0) is 42.9 Å². The van der Waals surface area contributed by atoms with Crippen molar-refractivity contribution in [1.29, 1.82) is 0 Å². The van der Waals surface area contributed by atoms with Crippen LogP contribution in [0.3, 0.4) is 0 Å². The summed E-state index contributed by atoms with van der Waals surface area (Å²) in [6, 6.07) is 26.3. The lowest BCUT2D eigenvalue weighted by atomic mass is 9.87. The summed E-state index contributed by atoms with van der Waals surface area (Å²) in [5, 5.41) is 7.24. The van der Waals surface area contributed by atoms with E-state index in [9.17, 15) is 28.8 Å². The molecule has 4 aromatic carbocycles. The molecule has 0 atom stereocenters. The van der Waals surface area contributed by atoms with Crippen molar-refractivity contribution in [3.8, 4) is 23.0 Å². The molecule has 1 aromatic heterocycles. The molecule has 1 heterocycles. The SMILES string of the molecule is C=CC(=O)OCCCCCCOc1ccc(OC(=O)C2CCC(OC(=O)c3ccc(OC(=O)C4CCC(OC(=O)c5ccc(OCCCCCCOC(=O)C=C)cc5)CC4)cc3/C=N/N(CCOCCCC)c3nc4ccccc4s3)CC2)cc1. The molecule has 85 heavy (non-hydrogen) atoms. The number of para-hydroxylation sites is 1. The van der Waals surface area contributed by atoms with Crippen LogP contribution in [0.15, 0.2) is 121 Å². The number of carbonyl (C=O) groups is 6. The van der Waals surface area contributed by atoms with Crippen molar-refractivity contribution in [2.24, 2.45) is 16.9 Å². The fourth-order valence-corrected chi connectivity index (χ4v) is 10.6. The van der Waals surface area contributed by atoms with Crippen molar-refractivity contribution in [2.45, 2.75) is 135 Å². The number of hydrazone groups is 1. The van der Waals surface area contributed by atoms with Crippen molar-refractivity contribution in [1.82, 2.24) is 4.98 Å². The number of carbonyl (C=O) groups excluding carboxylic acids is 6.